The summed E-state index contributed by atoms with van der Waals surface area (Å²) in [5.74, 6) is 0.971. The van der Waals surface area contributed by atoms with Crippen molar-refractivity contribution in [1.29, 1.82) is 0 Å². The lowest BCUT2D eigenvalue weighted by atomic mass is 9.73. The van der Waals surface area contributed by atoms with Gasteiger partial charge in [-0.2, -0.15) is 0 Å². The van der Waals surface area contributed by atoms with Gasteiger partial charge in [-0.25, -0.2) is 0 Å². The van der Waals surface area contributed by atoms with Crippen LogP contribution in [-0.2, 0) is 14.9 Å². The number of aryl methyl sites for hydroxylation is 1. The average Bonchev–Trinajstić information content (AvgIpc) is 2.68. The molecule has 2 aliphatic heterocycles. The van der Waals surface area contributed by atoms with Crippen LogP contribution in [0.1, 0.15) is 55.8 Å². The fourth-order valence-corrected chi connectivity index (χ4v) is 4.51. The molecule has 1 atom stereocenters. The van der Waals surface area contributed by atoms with Crippen molar-refractivity contribution in [2.75, 3.05) is 13.2 Å². The summed E-state index contributed by atoms with van der Waals surface area (Å²) in [6, 6.07) is 16.3. The first-order valence-electron chi connectivity index (χ1n) is 10.1. The molecule has 0 aromatic heterocycles. The molecular formula is C24H29NO3. The Bertz CT molecular complexity index is 853. The third-order valence-electron chi connectivity index (χ3n) is 6.04. The maximum absolute atomic E-state index is 13.7. The molecule has 28 heavy (non-hydrogen) atoms. The van der Waals surface area contributed by atoms with E-state index in [1.54, 1.807) is 0 Å². The summed E-state index contributed by atoms with van der Waals surface area (Å²) in [4.78, 5) is 13.7. The van der Waals surface area contributed by atoms with Crippen molar-refractivity contribution in [3.8, 4) is 5.75 Å². The second-order valence-electron chi connectivity index (χ2n) is 8.69. The topological polar surface area (TPSA) is 47.6 Å². The van der Waals surface area contributed by atoms with Gasteiger partial charge >= 0.3 is 0 Å². The molecule has 1 saturated heterocycles. The summed E-state index contributed by atoms with van der Waals surface area (Å²) >= 11 is 0. The predicted octanol–water partition coefficient (Wildman–Crippen LogP) is 4.46. The van der Waals surface area contributed by atoms with Crippen LogP contribution in [0.5, 0.6) is 5.75 Å². The van der Waals surface area contributed by atoms with E-state index in [-0.39, 0.29) is 17.6 Å². The quantitative estimate of drug-likeness (QED) is 0.856. The van der Waals surface area contributed by atoms with Gasteiger partial charge < -0.3 is 14.8 Å². The Labute approximate surface area is 167 Å². The molecule has 1 unspecified atom stereocenters. The summed E-state index contributed by atoms with van der Waals surface area (Å²) < 4.78 is 11.8. The Morgan fingerprint density at radius 3 is 2.50 bits per heavy atom. The second-order valence-corrected chi connectivity index (χ2v) is 8.69. The van der Waals surface area contributed by atoms with Gasteiger partial charge in [0.15, 0.2) is 0 Å². The molecule has 0 saturated carbocycles. The number of ether oxygens (including phenoxy) is 2. The van der Waals surface area contributed by atoms with Gasteiger partial charge in [-0.15, -0.1) is 0 Å². The zero-order valence-electron chi connectivity index (χ0n) is 17.0. The van der Waals surface area contributed by atoms with Crippen molar-refractivity contribution in [3.05, 3.63) is 65.2 Å². The van der Waals surface area contributed by atoms with Crippen LogP contribution in [0.3, 0.4) is 0 Å². The Balaban J connectivity index is 1.67. The average molecular weight is 380 g/mol. The number of fused-ring (bicyclic) bond motifs is 1. The number of amides is 1. The van der Waals surface area contributed by atoms with Crippen LogP contribution in [0, 0.1) is 6.92 Å². The molecule has 0 spiro atoms. The number of benzene rings is 2. The lowest BCUT2D eigenvalue weighted by Crippen LogP contribution is -2.51. The highest BCUT2D eigenvalue weighted by atomic mass is 16.5. The minimum absolute atomic E-state index is 0.0599. The molecule has 2 aromatic rings. The first kappa shape index (κ1) is 19.0. The first-order chi connectivity index (χ1) is 13.4. The fourth-order valence-electron chi connectivity index (χ4n) is 4.51. The second kappa shape index (κ2) is 7.25. The Morgan fingerprint density at radius 1 is 1.07 bits per heavy atom. The van der Waals surface area contributed by atoms with Gasteiger partial charge in [-0.05, 0) is 50.8 Å². The number of hydrogen-bond acceptors (Lipinski definition) is 3. The molecule has 0 aliphatic carbocycles. The SMILES string of the molecule is Cc1ccc2c(c1)OC(C)(C)CC2NC(=O)C1(c2ccccc2)CCOCC1. The number of carbonyl (C=O) groups is 1. The van der Waals surface area contributed by atoms with Crippen molar-refractivity contribution < 1.29 is 14.3 Å². The third kappa shape index (κ3) is 3.53. The predicted molar refractivity (Wildman–Crippen MR) is 110 cm³/mol. The van der Waals surface area contributed by atoms with Crippen LogP contribution in [0.2, 0.25) is 0 Å². The zero-order chi connectivity index (χ0) is 19.8. The van der Waals surface area contributed by atoms with Crippen LogP contribution < -0.4 is 10.1 Å². The lowest BCUT2D eigenvalue weighted by molar-refractivity contribution is -0.131. The van der Waals surface area contributed by atoms with Crippen LogP contribution in [0.25, 0.3) is 0 Å². The maximum atomic E-state index is 13.7. The Kier molecular flexibility index (Phi) is 4.92. The molecule has 4 nitrogen and oxygen atoms in total. The summed E-state index contributed by atoms with van der Waals surface area (Å²) in [5, 5.41) is 3.38. The number of hydrogen-bond donors (Lipinski definition) is 1. The summed E-state index contributed by atoms with van der Waals surface area (Å²) in [6.45, 7) is 7.44. The minimum atomic E-state index is -0.535. The van der Waals surface area contributed by atoms with Crippen molar-refractivity contribution in [2.24, 2.45) is 0 Å². The van der Waals surface area contributed by atoms with E-state index in [2.05, 4.69) is 56.4 Å². The molecule has 2 heterocycles. The highest BCUT2D eigenvalue weighted by Gasteiger charge is 2.44. The van der Waals surface area contributed by atoms with E-state index in [0.717, 1.165) is 28.9 Å². The molecule has 0 radical (unpaired) electrons. The number of rotatable bonds is 3. The fraction of sp³-hybridized carbons (Fsp3) is 0.458. The van der Waals surface area contributed by atoms with Gasteiger partial charge in [0.05, 0.1) is 11.5 Å². The molecule has 0 bridgehead atoms. The van der Waals surface area contributed by atoms with Crippen molar-refractivity contribution in [3.63, 3.8) is 0 Å². The maximum Gasteiger partial charge on any atom is 0.231 e. The molecule has 4 heteroatoms. The molecule has 1 amide bonds. The zero-order valence-corrected chi connectivity index (χ0v) is 17.0. The van der Waals surface area contributed by atoms with E-state index >= 15 is 0 Å². The van der Waals surface area contributed by atoms with Crippen molar-refractivity contribution in [2.45, 2.75) is 57.1 Å². The van der Waals surface area contributed by atoms with Crippen LogP contribution in [0.4, 0.5) is 0 Å². The number of carbonyl (C=O) groups excluding carboxylic acids is 1. The first-order valence-corrected chi connectivity index (χ1v) is 10.1. The van der Waals surface area contributed by atoms with Gasteiger partial charge in [-0.1, -0.05) is 42.5 Å². The smallest absolute Gasteiger partial charge is 0.231 e. The van der Waals surface area contributed by atoms with E-state index in [1.807, 2.05) is 18.2 Å². The molecular weight excluding hydrogens is 350 g/mol. The van der Waals surface area contributed by atoms with Gasteiger partial charge in [0.1, 0.15) is 11.4 Å². The van der Waals surface area contributed by atoms with E-state index in [4.69, 9.17) is 9.47 Å². The van der Waals surface area contributed by atoms with Gasteiger partial charge in [0.25, 0.3) is 0 Å². The molecule has 2 aromatic carbocycles. The standard InChI is InChI=1S/C24H29NO3/c1-17-9-10-19-20(16-23(2,3)28-21(19)15-17)25-22(26)24(11-13-27-14-12-24)18-7-5-4-6-8-18/h4-10,15,20H,11-14,16H2,1-3H3,(H,25,26). The Morgan fingerprint density at radius 2 is 1.79 bits per heavy atom. The van der Waals surface area contributed by atoms with E-state index < -0.39 is 5.41 Å². The van der Waals surface area contributed by atoms with Gasteiger partial charge in [0.2, 0.25) is 5.91 Å². The van der Waals surface area contributed by atoms with Crippen LogP contribution >= 0.6 is 0 Å². The molecule has 1 fully saturated rings. The highest BCUT2D eigenvalue weighted by Crippen LogP contribution is 2.42. The van der Waals surface area contributed by atoms with Crippen LogP contribution in [0.15, 0.2) is 48.5 Å². The van der Waals surface area contributed by atoms with Gasteiger partial charge in [0, 0.05) is 25.2 Å². The summed E-state index contributed by atoms with van der Waals surface area (Å²) in [7, 11) is 0. The van der Waals surface area contributed by atoms with E-state index in [0.29, 0.717) is 26.1 Å². The molecule has 148 valence electrons. The Hall–Kier alpha value is -2.33. The largest absolute Gasteiger partial charge is 0.487 e. The molecule has 1 N–H and O–H groups in total. The minimum Gasteiger partial charge on any atom is -0.487 e. The normalized spacial score (nSPS) is 22.6. The molecule has 4 rings (SSSR count). The molecule has 2 aliphatic rings. The summed E-state index contributed by atoms with van der Waals surface area (Å²) in [6.07, 6.45) is 2.16. The van der Waals surface area contributed by atoms with Gasteiger partial charge in [-0.3, -0.25) is 4.79 Å². The third-order valence-corrected chi connectivity index (χ3v) is 6.04. The summed E-state index contributed by atoms with van der Waals surface area (Å²) in [5.41, 5.74) is 2.44. The number of nitrogens with one attached hydrogen (secondary N) is 1. The highest BCUT2D eigenvalue weighted by molar-refractivity contribution is 5.88. The lowest BCUT2D eigenvalue weighted by Gasteiger charge is -2.41. The van der Waals surface area contributed by atoms with Crippen molar-refractivity contribution in [1.82, 2.24) is 5.32 Å². The monoisotopic (exact) mass is 379 g/mol. The van der Waals surface area contributed by atoms with Crippen LogP contribution in [-0.4, -0.2) is 24.7 Å². The van der Waals surface area contributed by atoms with E-state index in [9.17, 15) is 4.79 Å². The van der Waals surface area contributed by atoms with Crippen molar-refractivity contribution >= 4 is 5.91 Å². The van der Waals surface area contributed by atoms with E-state index in [1.165, 1.54) is 0 Å².